The summed E-state index contributed by atoms with van der Waals surface area (Å²) < 4.78 is 5.31. The Morgan fingerprint density at radius 2 is 1.82 bits per heavy atom. The molecule has 4 heteroatoms. The molecule has 84 valence electrons. The fraction of sp³-hybridized carbons (Fsp3) is 0. The molecule has 0 bridgehead atoms. The number of benzene rings is 2. The van der Waals surface area contributed by atoms with Gasteiger partial charge in [0.15, 0.2) is 5.76 Å². The first-order valence-corrected chi connectivity index (χ1v) is 5.46. The van der Waals surface area contributed by atoms with E-state index in [0.29, 0.717) is 10.8 Å². The predicted octanol–water partition coefficient (Wildman–Crippen LogP) is 3.85. The van der Waals surface area contributed by atoms with Crippen LogP contribution in [0.4, 0.5) is 0 Å². The van der Waals surface area contributed by atoms with Gasteiger partial charge >= 0.3 is 0 Å². The van der Waals surface area contributed by atoms with E-state index in [1.807, 2.05) is 6.07 Å². The first-order valence-electron chi connectivity index (χ1n) is 5.08. The minimum absolute atomic E-state index is 0.223. The molecule has 0 aliphatic carbocycles. The Kier molecular flexibility index (Phi) is 2.27. The van der Waals surface area contributed by atoms with Crippen LogP contribution in [0.1, 0.15) is 0 Å². The molecule has 0 saturated carbocycles. The van der Waals surface area contributed by atoms with Crippen LogP contribution < -0.4 is 0 Å². The van der Waals surface area contributed by atoms with Crippen LogP contribution in [0.2, 0.25) is 5.02 Å². The molecule has 0 radical (unpaired) electrons. The number of rotatable bonds is 1. The van der Waals surface area contributed by atoms with Crippen molar-refractivity contribution in [3.8, 4) is 17.1 Å². The smallest absolute Gasteiger partial charge is 0.174 e. The van der Waals surface area contributed by atoms with E-state index in [9.17, 15) is 5.11 Å². The fourth-order valence-electron chi connectivity index (χ4n) is 1.74. The van der Waals surface area contributed by atoms with Crippen molar-refractivity contribution in [2.24, 2.45) is 0 Å². The van der Waals surface area contributed by atoms with E-state index in [2.05, 4.69) is 5.16 Å². The van der Waals surface area contributed by atoms with E-state index in [4.69, 9.17) is 16.1 Å². The van der Waals surface area contributed by atoms with Gasteiger partial charge in [-0.2, -0.15) is 0 Å². The molecule has 2 aromatic carbocycles. The second kappa shape index (κ2) is 3.79. The van der Waals surface area contributed by atoms with Crippen LogP contribution in [0.3, 0.4) is 0 Å². The van der Waals surface area contributed by atoms with Crippen molar-refractivity contribution in [2.45, 2.75) is 0 Å². The molecule has 0 aliphatic heterocycles. The Bertz CT molecular complexity index is 673. The summed E-state index contributed by atoms with van der Waals surface area (Å²) in [5, 5.41) is 14.7. The van der Waals surface area contributed by atoms with E-state index in [-0.39, 0.29) is 5.75 Å². The normalized spacial score (nSPS) is 10.9. The summed E-state index contributed by atoms with van der Waals surface area (Å²) in [5.41, 5.74) is 1.59. The van der Waals surface area contributed by atoms with Crippen molar-refractivity contribution >= 4 is 22.5 Å². The van der Waals surface area contributed by atoms with E-state index < -0.39 is 0 Å². The van der Waals surface area contributed by atoms with Crippen molar-refractivity contribution in [3.05, 3.63) is 47.5 Å². The Hall–Kier alpha value is -2.00. The van der Waals surface area contributed by atoms with E-state index in [0.717, 1.165) is 16.5 Å². The highest BCUT2D eigenvalue weighted by Crippen LogP contribution is 2.30. The maximum absolute atomic E-state index is 9.24. The SMILES string of the molecule is Oc1ccc(-c2onc3cc(Cl)ccc23)cc1. The molecule has 17 heavy (non-hydrogen) atoms. The van der Waals surface area contributed by atoms with Gasteiger partial charge in [0.2, 0.25) is 0 Å². The summed E-state index contributed by atoms with van der Waals surface area (Å²) in [6, 6.07) is 12.2. The van der Waals surface area contributed by atoms with Gasteiger partial charge < -0.3 is 9.63 Å². The average molecular weight is 246 g/mol. The standard InChI is InChI=1S/C13H8ClNO2/c14-9-3-6-11-12(7-9)15-17-13(11)8-1-4-10(16)5-2-8/h1-7,16H. The number of nitrogens with zero attached hydrogens (tertiary/aromatic N) is 1. The molecule has 3 aromatic rings. The first-order chi connectivity index (χ1) is 8.24. The van der Waals surface area contributed by atoms with Crippen LogP contribution >= 0.6 is 11.6 Å². The van der Waals surface area contributed by atoms with Crippen molar-refractivity contribution < 1.29 is 9.63 Å². The molecule has 3 rings (SSSR count). The Labute approximate surface area is 102 Å². The number of aromatic nitrogens is 1. The summed E-state index contributed by atoms with van der Waals surface area (Å²) in [6.45, 7) is 0. The minimum atomic E-state index is 0.223. The third kappa shape index (κ3) is 1.74. The molecule has 0 saturated heterocycles. The van der Waals surface area contributed by atoms with Gasteiger partial charge in [0.1, 0.15) is 11.3 Å². The molecular formula is C13H8ClNO2. The number of phenolic OH excluding ortho intramolecular Hbond substituents is 1. The summed E-state index contributed by atoms with van der Waals surface area (Å²) >= 11 is 5.88. The number of phenols is 1. The molecular weight excluding hydrogens is 238 g/mol. The van der Waals surface area contributed by atoms with E-state index in [1.54, 1.807) is 36.4 Å². The van der Waals surface area contributed by atoms with Crippen LogP contribution in [0.5, 0.6) is 5.75 Å². The number of aromatic hydroxyl groups is 1. The van der Waals surface area contributed by atoms with Gasteiger partial charge in [0, 0.05) is 16.0 Å². The number of hydrogen-bond acceptors (Lipinski definition) is 3. The number of hydrogen-bond donors (Lipinski definition) is 1. The molecule has 3 nitrogen and oxygen atoms in total. The lowest BCUT2D eigenvalue weighted by atomic mass is 10.1. The second-order valence-electron chi connectivity index (χ2n) is 3.72. The molecule has 0 aliphatic rings. The quantitative estimate of drug-likeness (QED) is 0.708. The van der Waals surface area contributed by atoms with Crippen molar-refractivity contribution in [1.82, 2.24) is 5.16 Å². The second-order valence-corrected chi connectivity index (χ2v) is 4.16. The average Bonchev–Trinajstić information content (AvgIpc) is 2.73. The number of halogens is 1. The Balaban J connectivity index is 2.21. The highest BCUT2D eigenvalue weighted by molar-refractivity contribution is 6.31. The van der Waals surface area contributed by atoms with Crippen molar-refractivity contribution in [3.63, 3.8) is 0 Å². The van der Waals surface area contributed by atoms with Gasteiger partial charge in [-0.25, -0.2) is 0 Å². The third-order valence-electron chi connectivity index (χ3n) is 2.57. The lowest BCUT2D eigenvalue weighted by Gasteiger charge is -1.97. The molecule has 0 fully saturated rings. The largest absolute Gasteiger partial charge is 0.508 e. The van der Waals surface area contributed by atoms with Gasteiger partial charge in [-0.3, -0.25) is 0 Å². The summed E-state index contributed by atoms with van der Waals surface area (Å²) in [6.07, 6.45) is 0. The van der Waals surface area contributed by atoms with Crippen molar-refractivity contribution in [2.75, 3.05) is 0 Å². The van der Waals surface area contributed by atoms with Gasteiger partial charge in [-0.05, 0) is 42.5 Å². The molecule has 0 amide bonds. The van der Waals surface area contributed by atoms with Crippen LogP contribution in [-0.4, -0.2) is 10.3 Å². The van der Waals surface area contributed by atoms with Gasteiger partial charge in [-0.15, -0.1) is 0 Å². The fourth-order valence-corrected chi connectivity index (χ4v) is 1.90. The zero-order valence-corrected chi connectivity index (χ0v) is 9.48. The van der Waals surface area contributed by atoms with Crippen molar-refractivity contribution in [1.29, 1.82) is 0 Å². The summed E-state index contributed by atoms with van der Waals surface area (Å²) in [4.78, 5) is 0. The number of fused-ring (bicyclic) bond motifs is 1. The van der Waals surface area contributed by atoms with Crippen LogP contribution in [-0.2, 0) is 0 Å². The first kappa shape index (κ1) is 10.2. The highest BCUT2D eigenvalue weighted by Gasteiger charge is 2.10. The Morgan fingerprint density at radius 3 is 2.59 bits per heavy atom. The molecule has 0 spiro atoms. The molecule has 1 N–H and O–H groups in total. The van der Waals surface area contributed by atoms with Gasteiger partial charge in [0.25, 0.3) is 0 Å². The lowest BCUT2D eigenvalue weighted by Crippen LogP contribution is -1.74. The highest BCUT2D eigenvalue weighted by atomic mass is 35.5. The van der Waals surface area contributed by atoms with Gasteiger partial charge in [-0.1, -0.05) is 16.8 Å². The zero-order valence-electron chi connectivity index (χ0n) is 8.72. The molecule has 1 heterocycles. The maximum Gasteiger partial charge on any atom is 0.174 e. The van der Waals surface area contributed by atoms with Crippen LogP contribution in [0.15, 0.2) is 47.0 Å². The third-order valence-corrected chi connectivity index (χ3v) is 2.80. The van der Waals surface area contributed by atoms with Gasteiger partial charge in [0.05, 0.1) is 0 Å². The minimum Gasteiger partial charge on any atom is -0.508 e. The monoisotopic (exact) mass is 245 g/mol. The molecule has 1 aromatic heterocycles. The van der Waals surface area contributed by atoms with Crippen LogP contribution in [0, 0.1) is 0 Å². The lowest BCUT2D eigenvalue weighted by molar-refractivity contribution is 0.440. The molecule has 0 unspecified atom stereocenters. The van der Waals surface area contributed by atoms with E-state index >= 15 is 0 Å². The summed E-state index contributed by atoms with van der Waals surface area (Å²) in [7, 11) is 0. The van der Waals surface area contributed by atoms with Crippen LogP contribution in [0.25, 0.3) is 22.2 Å². The topological polar surface area (TPSA) is 46.3 Å². The maximum atomic E-state index is 9.24. The Morgan fingerprint density at radius 1 is 1.06 bits per heavy atom. The zero-order chi connectivity index (χ0) is 11.8. The summed E-state index contributed by atoms with van der Waals surface area (Å²) in [5.74, 6) is 0.900. The van der Waals surface area contributed by atoms with E-state index in [1.165, 1.54) is 0 Å². The molecule has 0 atom stereocenters. The predicted molar refractivity (Wildman–Crippen MR) is 66.1 cm³/mol.